The molecule has 0 unspecified atom stereocenters. The van der Waals surface area contributed by atoms with Gasteiger partial charge in [-0.15, -0.1) is 0 Å². The molecule has 7 nitrogen and oxygen atoms in total. The van der Waals surface area contributed by atoms with Gasteiger partial charge in [-0.25, -0.2) is 0 Å². The monoisotopic (exact) mass is 445 g/mol. The zero-order chi connectivity index (χ0) is 21.3. The molecule has 0 atom stereocenters. The number of nitrogens with zero attached hydrogens (tertiary/aromatic N) is 2. The Bertz CT molecular complexity index is 901. The average molecular weight is 446 g/mol. The third-order valence-electron chi connectivity index (χ3n) is 4.69. The van der Waals surface area contributed by atoms with Crippen LogP contribution in [-0.2, 0) is 4.74 Å². The topological polar surface area (TPSA) is 106 Å². The van der Waals surface area contributed by atoms with Gasteiger partial charge < -0.3 is 20.7 Å². The number of thioether (sulfide) groups is 1. The fourth-order valence-electron chi connectivity index (χ4n) is 3.11. The van der Waals surface area contributed by atoms with Crippen molar-refractivity contribution < 1.29 is 9.53 Å². The van der Waals surface area contributed by atoms with Gasteiger partial charge in [0, 0.05) is 53.3 Å². The van der Waals surface area contributed by atoms with Gasteiger partial charge in [0.2, 0.25) is 0 Å². The largest absolute Gasteiger partial charge is 0.398 e. The summed E-state index contributed by atoms with van der Waals surface area (Å²) in [6.45, 7) is 3.48. The number of ether oxygens (including phenoxy) is 1. The number of aliphatic imine (C=N–C) groups is 1. The average Bonchev–Trinajstić information content (AvgIpc) is 2.79. The van der Waals surface area contributed by atoms with Crippen LogP contribution in [-0.4, -0.2) is 57.0 Å². The van der Waals surface area contributed by atoms with Crippen molar-refractivity contribution in [2.24, 2.45) is 10.1 Å². The number of anilines is 3. The fourth-order valence-corrected chi connectivity index (χ4v) is 3.75. The van der Waals surface area contributed by atoms with Crippen molar-refractivity contribution in [3.8, 4) is 0 Å². The van der Waals surface area contributed by atoms with Gasteiger partial charge in [-0.1, -0.05) is 6.07 Å². The third-order valence-corrected chi connectivity index (χ3v) is 5.81. The van der Waals surface area contributed by atoms with Gasteiger partial charge in [0.25, 0.3) is 5.91 Å². The molecular formula is C21H27N5O2S2. The number of hydrogen-bond acceptors (Lipinski definition) is 8. The summed E-state index contributed by atoms with van der Waals surface area (Å²) in [5, 5.41) is 8.69. The summed E-state index contributed by atoms with van der Waals surface area (Å²) in [7, 11) is 0. The van der Waals surface area contributed by atoms with Crippen LogP contribution in [0.3, 0.4) is 0 Å². The molecule has 0 radical (unpaired) electrons. The number of nitrogens with one attached hydrogen (secondary N) is 1. The van der Waals surface area contributed by atoms with E-state index in [1.165, 1.54) is 0 Å². The minimum atomic E-state index is -0.199. The molecule has 1 amide bonds. The van der Waals surface area contributed by atoms with Gasteiger partial charge in [0.15, 0.2) is 0 Å². The van der Waals surface area contributed by atoms with E-state index >= 15 is 0 Å². The molecule has 5 N–H and O–H groups in total. The Hall–Kier alpha value is -2.20. The van der Waals surface area contributed by atoms with Crippen molar-refractivity contribution in [3.63, 3.8) is 0 Å². The zero-order valence-electron chi connectivity index (χ0n) is 17.0. The van der Waals surface area contributed by atoms with Gasteiger partial charge in [-0.2, -0.15) is 11.8 Å². The van der Waals surface area contributed by atoms with E-state index in [1.54, 1.807) is 30.1 Å². The Morgan fingerprint density at radius 1 is 1.30 bits per heavy atom. The third kappa shape index (κ3) is 5.91. The van der Waals surface area contributed by atoms with Crippen LogP contribution in [0, 0.1) is 0 Å². The Morgan fingerprint density at radius 3 is 2.83 bits per heavy atom. The molecule has 2 aromatic rings. The molecule has 0 saturated carbocycles. The molecule has 9 heteroatoms. The van der Waals surface area contributed by atoms with Gasteiger partial charge in [-0.05, 0) is 48.5 Å². The summed E-state index contributed by atoms with van der Waals surface area (Å²) in [5.74, 6) is 0.747. The summed E-state index contributed by atoms with van der Waals surface area (Å²) < 4.78 is 5.47. The minimum Gasteiger partial charge on any atom is -0.398 e. The van der Waals surface area contributed by atoms with Crippen LogP contribution in [0.2, 0.25) is 0 Å². The van der Waals surface area contributed by atoms with Gasteiger partial charge >= 0.3 is 0 Å². The summed E-state index contributed by atoms with van der Waals surface area (Å²) in [5.41, 5.74) is 9.86. The second kappa shape index (κ2) is 11.3. The van der Waals surface area contributed by atoms with Crippen LogP contribution < -0.4 is 21.1 Å². The molecule has 0 aromatic heterocycles. The Balaban J connectivity index is 1.91. The number of carbonyl (C=O) groups excluding carboxylic acids is 1. The van der Waals surface area contributed by atoms with Crippen LogP contribution in [0.1, 0.15) is 15.9 Å². The van der Waals surface area contributed by atoms with Crippen LogP contribution in [0.5, 0.6) is 0 Å². The van der Waals surface area contributed by atoms with E-state index in [1.807, 2.05) is 30.5 Å². The first kappa shape index (κ1) is 22.5. The lowest BCUT2D eigenvalue weighted by atomic mass is 10.1. The maximum absolute atomic E-state index is 12.9. The first-order chi connectivity index (χ1) is 14.6. The maximum Gasteiger partial charge on any atom is 0.255 e. The molecule has 0 aliphatic carbocycles. The maximum atomic E-state index is 12.9. The van der Waals surface area contributed by atoms with Crippen molar-refractivity contribution in [1.29, 1.82) is 0 Å². The molecule has 2 aromatic carbocycles. The normalized spacial score (nSPS) is 14.3. The lowest BCUT2D eigenvalue weighted by Crippen LogP contribution is -2.37. The number of benzene rings is 2. The number of rotatable bonds is 8. The van der Waals surface area contributed by atoms with Gasteiger partial charge in [-0.3, -0.25) is 14.9 Å². The first-order valence-corrected chi connectivity index (χ1v) is 11.9. The predicted molar refractivity (Wildman–Crippen MR) is 129 cm³/mol. The summed E-state index contributed by atoms with van der Waals surface area (Å²) in [6.07, 6.45) is 3.82. The molecule has 1 aliphatic heterocycles. The summed E-state index contributed by atoms with van der Waals surface area (Å²) in [4.78, 5) is 20.4. The SMILES string of the molecule is CSCCN=Cc1cc(NC(=O)c2cccc(SN)c2)c(N2CCOCC2)cc1N. The van der Waals surface area contributed by atoms with Crippen LogP contribution in [0.4, 0.5) is 17.1 Å². The molecule has 0 spiro atoms. The Morgan fingerprint density at radius 2 is 2.10 bits per heavy atom. The summed E-state index contributed by atoms with van der Waals surface area (Å²) in [6, 6.07) is 11.0. The van der Waals surface area contributed by atoms with Crippen LogP contribution in [0.15, 0.2) is 46.3 Å². The van der Waals surface area contributed by atoms with E-state index in [0.29, 0.717) is 30.2 Å². The Labute approximate surface area is 185 Å². The molecule has 1 aliphatic rings. The lowest BCUT2D eigenvalue weighted by molar-refractivity contribution is 0.102. The highest BCUT2D eigenvalue weighted by Gasteiger charge is 2.19. The van der Waals surface area contributed by atoms with Crippen molar-refractivity contribution >= 4 is 52.9 Å². The molecule has 1 heterocycles. The molecule has 1 saturated heterocycles. The van der Waals surface area contributed by atoms with Crippen LogP contribution in [0.25, 0.3) is 0 Å². The smallest absolute Gasteiger partial charge is 0.255 e. The van der Waals surface area contributed by atoms with E-state index < -0.39 is 0 Å². The molecule has 0 bridgehead atoms. The number of morpholine rings is 1. The minimum absolute atomic E-state index is 0.199. The Kier molecular flexibility index (Phi) is 8.44. The highest BCUT2D eigenvalue weighted by atomic mass is 32.2. The quantitative estimate of drug-likeness (QED) is 0.248. The second-order valence-corrected chi connectivity index (χ2v) is 8.42. The second-order valence-electron chi connectivity index (χ2n) is 6.73. The molecule has 160 valence electrons. The van der Waals surface area contributed by atoms with Crippen LogP contribution >= 0.6 is 23.7 Å². The molecule has 1 fully saturated rings. The predicted octanol–water partition coefficient (Wildman–Crippen LogP) is 3.11. The van der Waals surface area contributed by atoms with E-state index in [9.17, 15) is 4.79 Å². The zero-order valence-corrected chi connectivity index (χ0v) is 18.6. The highest BCUT2D eigenvalue weighted by molar-refractivity contribution is 7.98. The van der Waals surface area contributed by atoms with Gasteiger partial charge in [0.1, 0.15) is 0 Å². The number of carbonyl (C=O) groups is 1. The van der Waals surface area contributed by atoms with Crippen molar-refractivity contribution in [1.82, 2.24) is 0 Å². The van der Waals surface area contributed by atoms with E-state index in [0.717, 1.165) is 53.5 Å². The van der Waals surface area contributed by atoms with E-state index in [2.05, 4.69) is 15.2 Å². The molecule has 3 rings (SSSR count). The molecular weight excluding hydrogens is 418 g/mol. The number of amides is 1. The standard InChI is InChI=1S/C21H27N5O2S2/c1-29-10-5-24-14-16-12-19(20(13-18(16)22)26-6-8-28-9-7-26)25-21(27)15-3-2-4-17(11-15)30-23/h2-4,11-14H,5-10,22-23H2,1H3,(H,25,27). The van der Waals surface area contributed by atoms with Crippen molar-refractivity contribution in [2.75, 3.05) is 60.8 Å². The van der Waals surface area contributed by atoms with Gasteiger partial charge in [0.05, 0.1) is 24.6 Å². The fraction of sp³-hybridized carbons (Fsp3) is 0.333. The summed E-state index contributed by atoms with van der Waals surface area (Å²) >= 11 is 2.86. The molecule has 30 heavy (non-hydrogen) atoms. The number of nitrogens with two attached hydrogens (primary N) is 2. The number of hydrogen-bond donors (Lipinski definition) is 3. The highest BCUT2D eigenvalue weighted by Crippen LogP contribution is 2.32. The lowest BCUT2D eigenvalue weighted by Gasteiger charge is -2.31. The first-order valence-electron chi connectivity index (χ1n) is 9.65. The van der Waals surface area contributed by atoms with E-state index in [4.69, 9.17) is 15.6 Å². The van der Waals surface area contributed by atoms with Crippen molar-refractivity contribution in [2.45, 2.75) is 4.90 Å². The number of nitrogen functional groups attached to an aromatic ring is 1. The van der Waals surface area contributed by atoms with Crippen molar-refractivity contribution in [3.05, 3.63) is 47.5 Å². The van der Waals surface area contributed by atoms with E-state index in [-0.39, 0.29) is 5.91 Å².